The van der Waals surface area contributed by atoms with Crippen LogP contribution in [0.15, 0.2) is 48.5 Å². The normalized spacial score (nSPS) is 20.8. The first-order chi connectivity index (χ1) is 11.9. The lowest BCUT2D eigenvalue weighted by molar-refractivity contribution is -0.384. The number of rotatable bonds is 6. The summed E-state index contributed by atoms with van der Waals surface area (Å²) in [7, 11) is 0. The molecule has 1 saturated carbocycles. The first-order valence-corrected chi connectivity index (χ1v) is 8.33. The van der Waals surface area contributed by atoms with E-state index >= 15 is 0 Å². The second-order valence-corrected chi connectivity index (χ2v) is 6.61. The van der Waals surface area contributed by atoms with Crippen LogP contribution in [0.4, 0.5) is 11.4 Å². The van der Waals surface area contributed by atoms with E-state index in [0.717, 1.165) is 24.1 Å². The minimum Gasteiger partial charge on any atom is -0.326 e. The zero-order chi connectivity index (χ0) is 18.0. The SMILES string of the molecule is CC[C@]1(N)C[C@H]1c1ccc(NC(=O)Cc2ccc([N+](=O)[O-])cc2)cc1.Cl. The Morgan fingerprint density at radius 3 is 2.35 bits per heavy atom. The zero-order valence-corrected chi connectivity index (χ0v) is 15.3. The molecular weight excluding hydrogens is 354 g/mol. The average molecular weight is 376 g/mol. The molecule has 6 nitrogen and oxygen atoms in total. The molecular formula is C19H22ClN3O3. The summed E-state index contributed by atoms with van der Waals surface area (Å²) in [6.07, 6.45) is 2.14. The van der Waals surface area contributed by atoms with Crippen LogP contribution in [0.2, 0.25) is 0 Å². The summed E-state index contributed by atoms with van der Waals surface area (Å²) >= 11 is 0. The number of nitro benzene ring substituents is 1. The van der Waals surface area contributed by atoms with Crippen molar-refractivity contribution in [1.29, 1.82) is 0 Å². The largest absolute Gasteiger partial charge is 0.326 e. The maximum Gasteiger partial charge on any atom is 0.269 e. The summed E-state index contributed by atoms with van der Waals surface area (Å²) in [6.45, 7) is 2.10. The standard InChI is InChI=1S/C19H21N3O3.ClH/c1-2-19(20)12-17(19)14-5-7-15(8-6-14)21-18(23)11-13-3-9-16(10-4-13)22(24)25;/h3-10,17H,2,11-12,20H2,1H3,(H,21,23);1H/t17-,19-;/m0./s1. The van der Waals surface area contributed by atoms with Crippen LogP contribution >= 0.6 is 12.4 Å². The maximum absolute atomic E-state index is 12.1. The van der Waals surface area contributed by atoms with Gasteiger partial charge in [0.25, 0.3) is 5.69 Å². The van der Waals surface area contributed by atoms with Crippen LogP contribution < -0.4 is 11.1 Å². The summed E-state index contributed by atoms with van der Waals surface area (Å²) in [4.78, 5) is 22.3. The lowest BCUT2D eigenvalue weighted by Gasteiger charge is -2.09. The molecule has 0 saturated heterocycles. The van der Waals surface area contributed by atoms with E-state index in [1.807, 2.05) is 24.3 Å². The highest BCUT2D eigenvalue weighted by Gasteiger charge is 2.49. The first kappa shape index (κ1) is 19.9. The molecule has 1 amide bonds. The highest BCUT2D eigenvalue weighted by atomic mass is 35.5. The Labute approximate surface area is 158 Å². The van der Waals surface area contributed by atoms with Crippen LogP contribution in [0.3, 0.4) is 0 Å². The van der Waals surface area contributed by atoms with E-state index in [2.05, 4.69) is 12.2 Å². The van der Waals surface area contributed by atoms with Gasteiger partial charge >= 0.3 is 0 Å². The number of halogens is 1. The van der Waals surface area contributed by atoms with Crippen LogP contribution in [0.5, 0.6) is 0 Å². The van der Waals surface area contributed by atoms with Gasteiger partial charge < -0.3 is 11.1 Å². The number of nitrogens with one attached hydrogen (secondary N) is 1. The smallest absolute Gasteiger partial charge is 0.269 e. The topological polar surface area (TPSA) is 98.3 Å². The van der Waals surface area contributed by atoms with E-state index in [1.54, 1.807) is 12.1 Å². The lowest BCUT2D eigenvalue weighted by atomic mass is 10.0. The fourth-order valence-electron chi connectivity index (χ4n) is 3.09. The number of carbonyl (C=O) groups is 1. The Morgan fingerprint density at radius 2 is 1.85 bits per heavy atom. The summed E-state index contributed by atoms with van der Waals surface area (Å²) in [5.41, 5.74) is 8.86. The number of carbonyl (C=O) groups excluding carboxylic acids is 1. The lowest BCUT2D eigenvalue weighted by Crippen LogP contribution is -2.22. The molecule has 1 aliphatic rings. The average Bonchev–Trinajstić information content (AvgIpc) is 3.28. The van der Waals surface area contributed by atoms with Gasteiger partial charge in [0.05, 0.1) is 11.3 Å². The third-order valence-electron chi connectivity index (χ3n) is 4.88. The highest BCUT2D eigenvalue weighted by Crippen LogP contribution is 2.51. The molecule has 2 aromatic carbocycles. The predicted molar refractivity (Wildman–Crippen MR) is 104 cm³/mol. The van der Waals surface area contributed by atoms with Crippen molar-refractivity contribution in [3.63, 3.8) is 0 Å². The summed E-state index contributed by atoms with van der Waals surface area (Å²) in [5, 5.41) is 13.5. The molecule has 26 heavy (non-hydrogen) atoms. The van der Waals surface area contributed by atoms with E-state index in [0.29, 0.717) is 5.92 Å². The van der Waals surface area contributed by atoms with E-state index in [1.165, 1.54) is 17.7 Å². The molecule has 0 radical (unpaired) electrons. The van der Waals surface area contributed by atoms with Gasteiger partial charge in [0, 0.05) is 29.3 Å². The van der Waals surface area contributed by atoms with Crippen LogP contribution in [0, 0.1) is 10.1 Å². The van der Waals surface area contributed by atoms with Gasteiger partial charge in [-0.05, 0) is 36.1 Å². The van der Waals surface area contributed by atoms with E-state index in [-0.39, 0.29) is 36.0 Å². The monoisotopic (exact) mass is 375 g/mol. The van der Waals surface area contributed by atoms with Crippen LogP contribution in [0.1, 0.15) is 36.8 Å². The van der Waals surface area contributed by atoms with Crippen molar-refractivity contribution in [2.75, 3.05) is 5.32 Å². The molecule has 0 bridgehead atoms. The molecule has 0 unspecified atom stereocenters. The van der Waals surface area contributed by atoms with E-state index < -0.39 is 4.92 Å². The summed E-state index contributed by atoms with van der Waals surface area (Å²) < 4.78 is 0. The van der Waals surface area contributed by atoms with Crippen molar-refractivity contribution in [3.05, 3.63) is 69.8 Å². The second-order valence-electron chi connectivity index (χ2n) is 6.61. The van der Waals surface area contributed by atoms with Gasteiger partial charge in [-0.25, -0.2) is 0 Å². The van der Waals surface area contributed by atoms with Crippen LogP contribution in [0.25, 0.3) is 0 Å². The van der Waals surface area contributed by atoms with Crippen LogP contribution in [-0.4, -0.2) is 16.4 Å². The molecule has 2 atom stereocenters. The molecule has 2 aromatic rings. The fraction of sp³-hybridized carbons (Fsp3) is 0.316. The highest BCUT2D eigenvalue weighted by molar-refractivity contribution is 5.92. The Bertz CT molecular complexity index is 793. The molecule has 3 rings (SSSR count). The minimum absolute atomic E-state index is 0. The maximum atomic E-state index is 12.1. The number of nitrogens with two attached hydrogens (primary N) is 1. The van der Waals surface area contributed by atoms with Crippen molar-refractivity contribution in [2.24, 2.45) is 5.73 Å². The molecule has 0 spiro atoms. The molecule has 1 fully saturated rings. The van der Waals surface area contributed by atoms with Crippen LogP contribution in [-0.2, 0) is 11.2 Å². The van der Waals surface area contributed by atoms with Crippen molar-refractivity contribution >= 4 is 29.7 Å². The van der Waals surface area contributed by atoms with E-state index in [9.17, 15) is 14.9 Å². The van der Waals surface area contributed by atoms with Gasteiger partial charge in [0.1, 0.15) is 0 Å². The molecule has 7 heteroatoms. The number of hydrogen-bond donors (Lipinski definition) is 2. The van der Waals surface area contributed by atoms with Gasteiger partial charge in [0.2, 0.25) is 5.91 Å². The summed E-state index contributed by atoms with van der Waals surface area (Å²) in [6, 6.07) is 13.8. The van der Waals surface area contributed by atoms with Gasteiger partial charge in [-0.3, -0.25) is 14.9 Å². The number of nitro groups is 1. The van der Waals surface area contributed by atoms with Crippen molar-refractivity contribution < 1.29 is 9.72 Å². The molecule has 3 N–H and O–H groups in total. The Hall–Kier alpha value is -2.44. The third-order valence-corrected chi connectivity index (χ3v) is 4.88. The minimum atomic E-state index is -0.458. The van der Waals surface area contributed by atoms with Crippen molar-refractivity contribution in [3.8, 4) is 0 Å². The van der Waals surface area contributed by atoms with E-state index in [4.69, 9.17) is 5.73 Å². The Morgan fingerprint density at radius 1 is 1.23 bits per heavy atom. The first-order valence-electron chi connectivity index (χ1n) is 8.33. The fourth-order valence-corrected chi connectivity index (χ4v) is 3.09. The number of nitrogens with zero attached hydrogens (tertiary/aromatic N) is 1. The molecule has 0 heterocycles. The second kappa shape index (κ2) is 7.85. The van der Waals surface area contributed by atoms with Gasteiger partial charge in [-0.2, -0.15) is 0 Å². The van der Waals surface area contributed by atoms with Gasteiger partial charge in [-0.1, -0.05) is 31.2 Å². The van der Waals surface area contributed by atoms with Gasteiger partial charge in [0.15, 0.2) is 0 Å². The molecule has 0 aliphatic heterocycles. The quantitative estimate of drug-likeness (QED) is 0.592. The van der Waals surface area contributed by atoms with Gasteiger partial charge in [-0.15, -0.1) is 12.4 Å². The number of benzene rings is 2. The predicted octanol–water partition coefficient (Wildman–Crippen LogP) is 3.79. The van der Waals surface area contributed by atoms with Crippen molar-refractivity contribution in [2.45, 2.75) is 37.6 Å². The summed E-state index contributed by atoms with van der Waals surface area (Å²) in [5.74, 6) is 0.247. The number of anilines is 1. The number of non-ortho nitro benzene ring substituents is 1. The molecule has 0 aromatic heterocycles. The Kier molecular flexibility index (Phi) is 6.00. The Balaban J connectivity index is 0.00000243. The zero-order valence-electron chi connectivity index (χ0n) is 14.5. The number of amides is 1. The number of hydrogen-bond acceptors (Lipinski definition) is 4. The third kappa shape index (κ3) is 4.39. The molecule has 138 valence electrons. The molecule has 1 aliphatic carbocycles. The van der Waals surface area contributed by atoms with Crippen molar-refractivity contribution in [1.82, 2.24) is 0 Å².